The predicted octanol–water partition coefficient (Wildman–Crippen LogP) is 6.13. The van der Waals surface area contributed by atoms with Crippen LogP contribution in [0.25, 0.3) is 0 Å². The Balaban J connectivity index is 1.93. The molecule has 2 aromatic carbocycles. The Bertz CT molecular complexity index is 1160. The maximum atomic E-state index is 13.7. The Morgan fingerprint density at radius 2 is 1.63 bits per heavy atom. The molecule has 1 aliphatic rings. The lowest BCUT2D eigenvalue weighted by atomic mass is 9.82. The summed E-state index contributed by atoms with van der Waals surface area (Å²) in [6, 6.07) is 3.63. The standard InChI is InChI=1S/C26H27F7N2O3/c1-14-8-20(27)4-5-21(14)22-11-17(23(37)15(2)36)6-7-35(22)24(38)34(3)13-16-9-18(25(28,29)30)12-19(10-16)26(31,32)33/h4-5,8-10,12,15,17,22,36H,6-7,11,13H2,1-3H3/t15?,17-,22+/m0/s1. The van der Waals surface area contributed by atoms with Crippen LogP contribution in [0.5, 0.6) is 0 Å². The maximum absolute atomic E-state index is 13.7. The number of aliphatic hydroxyl groups excluding tert-OH is 1. The molecule has 2 aromatic rings. The van der Waals surface area contributed by atoms with Crippen LogP contribution in [0.15, 0.2) is 36.4 Å². The molecule has 0 spiro atoms. The van der Waals surface area contributed by atoms with E-state index in [1.807, 2.05) is 0 Å². The van der Waals surface area contributed by atoms with Gasteiger partial charge in [0.1, 0.15) is 11.9 Å². The first-order chi connectivity index (χ1) is 17.5. The van der Waals surface area contributed by atoms with Crippen molar-refractivity contribution in [1.29, 1.82) is 0 Å². The van der Waals surface area contributed by atoms with E-state index in [0.29, 0.717) is 23.3 Å². The van der Waals surface area contributed by atoms with Gasteiger partial charge in [-0.15, -0.1) is 0 Å². The number of urea groups is 1. The van der Waals surface area contributed by atoms with Crippen molar-refractivity contribution in [3.8, 4) is 0 Å². The maximum Gasteiger partial charge on any atom is 0.416 e. The monoisotopic (exact) mass is 548 g/mol. The second-order valence-electron chi connectivity index (χ2n) is 9.56. The smallest absolute Gasteiger partial charge is 0.386 e. The number of benzene rings is 2. The molecule has 2 amide bonds. The summed E-state index contributed by atoms with van der Waals surface area (Å²) in [7, 11) is 1.25. The topological polar surface area (TPSA) is 60.9 Å². The van der Waals surface area contributed by atoms with Crippen molar-refractivity contribution >= 4 is 11.8 Å². The van der Waals surface area contributed by atoms with E-state index in [4.69, 9.17) is 0 Å². The quantitative estimate of drug-likeness (QED) is 0.458. The van der Waals surface area contributed by atoms with Gasteiger partial charge < -0.3 is 14.9 Å². The zero-order chi connectivity index (χ0) is 28.6. The third kappa shape index (κ3) is 6.64. The van der Waals surface area contributed by atoms with Gasteiger partial charge in [0, 0.05) is 26.1 Å². The van der Waals surface area contributed by atoms with Crippen LogP contribution in [-0.4, -0.2) is 46.4 Å². The average molecular weight is 548 g/mol. The summed E-state index contributed by atoms with van der Waals surface area (Å²) in [6.07, 6.45) is -11.0. The molecule has 12 heteroatoms. The van der Waals surface area contributed by atoms with Crippen LogP contribution in [0, 0.1) is 18.7 Å². The normalized spacial score (nSPS) is 19.3. The van der Waals surface area contributed by atoms with E-state index < -0.39 is 65.7 Å². The summed E-state index contributed by atoms with van der Waals surface area (Å²) in [5.41, 5.74) is -2.31. The number of alkyl halides is 6. The third-order valence-corrected chi connectivity index (χ3v) is 6.65. The molecule has 1 fully saturated rings. The molecular formula is C26H27F7N2O3. The number of carbonyl (C=O) groups is 2. The van der Waals surface area contributed by atoms with Gasteiger partial charge in [-0.25, -0.2) is 9.18 Å². The molecule has 1 N–H and O–H groups in total. The molecule has 3 rings (SSSR count). The minimum atomic E-state index is -5.03. The first-order valence-corrected chi connectivity index (χ1v) is 11.8. The molecule has 1 aliphatic heterocycles. The van der Waals surface area contributed by atoms with Gasteiger partial charge in [-0.3, -0.25) is 4.79 Å². The lowest BCUT2D eigenvalue weighted by Gasteiger charge is -2.41. The molecule has 208 valence electrons. The summed E-state index contributed by atoms with van der Waals surface area (Å²) in [5.74, 6) is -1.53. The fourth-order valence-corrected chi connectivity index (χ4v) is 4.77. The second kappa shape index (κ2) is 10.9. The lowest BCUT2D eigenvalue weighted by Crippen LogP contribution is -2.48. The molecule has 0 aliphatic carbocycles. The number of likely N-dealkylation sites (tertiary alicyclic amines) is 1. The lowest BCUT2D eigenvalue weighted by molar-refractivity contribution is -0.143. The Kier molecular flexibility index (Phi) is 8.45. The summed E-state index contributed by atoms with van der Waals surface area (Å²) in [6.45, 7) is 2.43. The van der Waals surface area contributed by atoms with Crippen LogP contribution in [-0.2, 0) is 23.7 Å². The van der Waals surface area contributed by atoms with Gasteiger partial charge in [0.25, 0.3) is 0 Å². The van der Waals surface area contributed by atoms with E-state index in [-0.39, 0.29) is 31.0 Å². The molecule has 0 bridgehead atoms. The number of ketones is 1. The first kappa shape index (κ1) is 29.4. The van der Waals surface area contributed by atoms with Crippen LogP contribution in [0.2, 0.25) is 0 Å². The van der Waals surface area contributed by atoms with E-state index in [1.165, 1.54) is 37.1 Å². The highest BCUT2D eigenvalue weighted by Crippen LogP contribution is 2.39. The van der Waals surface area contributed by atoms with E-state index in [9.17, 15) is 45.4 Å². The Hall–Kier alpha value is -3.15. The van der Waals surface area contributed by atoms with Crippen molar-refractivity contribution in [2.45, 2.75) is 57.7 Å². The largest absolute Gasteiger partial charge is 0.416 e. The van der Waals surface area contributed by atoms with Gasteiger partial charge in [-0.1, -0.05) is 6.07 Å². The number of hydrogen-bond acceptors (Lipinski definition) is 3. The fraction of sp³-hybridized carbons (Fsp3) is 0.462. The van der Waals surface area contributed by atoms with Gasteiger partial charge in [0.2, 0.25) is 0 Å². The van der Waals surface area contributed by atoms with E-state index in [0.717, 1.165) is 4.90 Å². The number of rotatable bonds is 5. The van der Waals surface area contributed by atoms with Crippen molar-refractivity contribution < 1.29 is 45.4 Å². The highest BCUT2D eigenvalue weighted by Gasteiger charge is 2.39. The zero-order valence-electron chi connectivity index (χ0n) is 20.8. The van der Waals surface area contributed by atoms with Crippen molar-refractivity contribution in [2.75, 3.05) is 13.6 Å². The van der Waals surface area contributed by atoms with Gasteiger partial charge >= 0.3 is 18.4 Å². The molecule has 1 saturated heterocycles. The van der Waals surface area contributed by atoms with Crippen molar-refractivity contribution in [2.24, 2.45) is 5.92 Å². The summed E-state index contributed by atoms with van der Waals surface area (Å²) < 4.78 is 93.3. The minimum Gasteiger partial charge on any atom is -0.386 e. The fourth-order valence-electron chi connectivity index (χ4n) is 4.77. The van der Waals surface area contributed by atoms with Gasteiger partial charge in [-0.2, -0.15) is 26.3 Å². The molecule has 0 saturated carbocycles. The van der Waals surface area contributed by atoms with Crippen LogP contribution in [0.1, 0.15) is 53.6 Å². The van der Waals surface area contributed by atoms with Gasteiger partial charge in [-0.05, 0) is 73.7 Å². The van der Waals surface area contributed by atoms with E-state index >= 15 is 0 Å². The molecule has 0 aromatic heterocycles. The van der Waals surface area contributed by atoms with Gasteiger partial charge in [0.05, 0.1) is 17.2 Å². The Labute approximate surface area is 214 Å². The molecule has 3 atom stereocenters. The highest BCUT2D eigenvalue weighted by molar-refractivity contribution is 5.85. The number of piperidine rings is 1. The van der Waals surface area contributed by atoms with Crippen LogP contribution in [0.4, 0.5) is 35.5 Å². The number of aryl methyl sites for hydroxylation is 1. The minimum absolute atomic E-state index is 0.0165. The molecule has 1 heterocycles. The first-order valence-electron chi connectivity index (χ1n) is 11.8. The number of nitrogens with zero attached hydrogens (tertiary/aromatic N) is 2. The van der Waals surface area contributed by atoms with Gasteiger partial charge in [0.15, 0.2) is 5.78 Å². The number of aliphatic hydroxyl groups is 1. The molecule has 38 heavy (non-hydrogen) atoms. The van der Waals surface area contributed by atoms with E-state index in [2.05, 4.69) is 0 Å². The summed E-state index contributed by atoms with van der Waals surface area (Å²) in [4.78, 5) is 28.3. The van der Waals surface area contributed by atoms with Crippen molar-refractivity contribution in [3.63, 3.8) is 0 Å². The van der Waals surface area contributed by atoms with Crippen LogP contribution < -0.4 is 0 Å². The Morgan fingerprint density at radius 3 is 2.13 bits per heavy atom. The van der Waals surface area contributed by atoms with Crippen molar-refractivity contribution in [1.82, 2.24) is 9.80 Å². The molecule has 1 unspecified atom stereocenters. The number of carbonyl (C=O) groups excluding carboxylic acids is 2. The third-order valence-electron chi connectivity index (χ3n) is 6.65. The number of Topliss-reactive ketones (excluding diaryl/α,β-unsaturated/α-hetero) is 1. The summed E-state index contributed by atoms with van der Waals surface area (Å²) >= 11 is 0. The number of halogens is 7. The SMILES string of the molecule is Cc1cc(F)ccc1[C@H]1C[C@@H](C(=O)C(C)O)CCN1C(=O)N(C)Cc1cc(C(F)(F)F)cc(C(F)(F)F)c1. The van der Waals surface area contributed by atoms with E-state index in [1.54, 1.807) is 6.92 Å². The zero-order valence-corrected chi connectivity index (χ0v) is 20.8. The van der Waals surface area contributed by atoms with Crippen LogP contribution >= 0.6 is 0 Å². The number of hydrogen-bond donors (Lipinski definition) is 1. The second-order valence-corrected chi connectivity index (χ2v) is 9.56. The average Bonchev–Trinajstić information content (AvgIpc) is 2.81. The molecular weight excluding hydrogens is 521 g/mol. The summed E-state index contributed by atoms with van der Waals surface area (Å²) in [5, 5.41) is 9.76. The molecule has 5 nitrogen and oxygen atoms in total. The van der Waals surface area contributed by atoms with Crippen LogP contribution in [0.3, 0.4) is 0 Å². The predicted molar refractivity (Wildman–Crippen MR) is 123 cm³/mol. The van der Waals surface area contributed by atoms with Crippen molar-refractivity contribution in [3.05, 3.63) is 70.0 Å². The highest BCUT2D eigenvalue weighted by atomic mass is 19.4. The Morgan fingerprint density at radius 1 is 1.05 bits per heavy atom. The number of amides is 2. The molecule has 0 radical (unpaired) electrons.